The minimum atomic E-state index is -0.950. The van der Waals surface area contributed by atoms with Gasteiger partial charge in [0.1, 0.15) is 5.75 Å². The van der Waals surface area contributed by atoms with E-state index >= 15 is 0 Å². The lowest BCUT2D eigenvalue weighted by Gasteiger charge is -2.19. The number of aliphatic hydroxyl groups excluding tert-OH is 1. The van der Waals surface area contributed by atoms with Gasteiger partial charge in [-0.25, -0.2) is 0 Å². The van der Waals surface area contributed by atoms with E-state index in [4.69, 9.17) is 5.11 Å². The van der Waals surface area contributed by atoms with Gasteiger partial charge < -0.3 is 10.2 Å². The number of hydrogen-bond acceptors (Lipinski definition) is 4. The van der Waals surface area contributed by atoms with E-state index in [2.05, 4.69) is 0 Å². The van der Waals surface area contributed by atoms with Crippen LogP contribution in [0.2, 0.25) is 0 Å². The van der Waals surface area contributed by atoms with Crippen molar-refractivity contribution in [1.82, 2.24) is 0 Å². The topological polar surface area (TPSA) is 74.6 Å². The molecule has 0 amide bonds. The van der Waals surface area contributed by atoms with Crippen molar-refractivity contribution in [3.05, 3.63) is 48.1 Å². The predicted octanol–water partition coefficient (Wildman–Crippen LogP) is 1.48. The summed E-state index contributed by atoms with van der Waals surface area (Å²) in [4.78, 5) is 22.9. The Labute approximate surface area is 110 Å². The fraction of sp³-hybridized carbons (Fsp3) is 0.200. The van der Waals surface area contributed by atoms with E-state index in [0.29, 0.717) is 0 Å². The average Bonchev–Trinajstić information content (AvgIpc) is 2.37. The van der Waals surface area contributed by atoms with Gasteiger partial charge in [0, 0.05) is 6.42 Å². The summed E-state index contributed by atoms with van der Waals surface area (Å²) in [7, 11) is 0. The standard InChI is InChI=1S/C15H14O4/c16-11-4-1-10(2-5-11)3-8-14(18)13-7-6-12(17)9-15(13)19/h1-8,13,15-16,19H,9H2. The Balaban J connectivity index is 2.06. The molecule has 2 unspecified atom stereocenters. The number of phenols is 1. The highest BCUT2D eigenvalue weighted by Crippen LogP contribution is 2.18. The van der Waals surface area contributed by atoms with E-state index < -0.39 is 12.0 Å². The summed E-state index contributed by atoms with van der Waals surface area (Å²) in [5.74, 6) is -0.915. The first-order valence-electron chi connectivity index (χ1n) is 5.96. The zero-order valence-corrected chi connectivity index (χ0v) is 10.2. The number of aliphatic hydroxyl groups is 1. The van der Waals surface area contributed by atoms with Crippen LogP contribution in [0.25, 0.3) is 6.08 Å². The number of benzene rings is 1. The van der Waals surface area contributed by atoms with Gasteiger partial charge >= 0.3 is 0 Å². The molecule has 0 saturated carbocycles. The van der Waals surface area contributed by atoms with E-state index in [-0.39, 0.29) is 23.7 Å². The van der Waals surface area contributed by atoms with Crippen molar-refractivity contribution in [2.45, 2.75) is 12.5 Å². The average molecular weight is 258 g/mol. The molecule has 98 valence electrons. The number of ketones is 2. The molecule has 19 heavy (non-hydrogen) atoms. The maximum Gasteiger partial charge on any atom is 0.165 e. The number of aromatic hydroxyl groups is 1. The minimum Gasteiger partial charge on any atom is -0.508 e. The molecular formula is C15H14O4. The number of allylic oxidation sites excluding steroid dienone is 2. The molecule has 1 aromatic rings. The summed E-state index contributed by atoms with van der Waals surface area (Å²) in [6.45, 7) is 0. The van der Waals surface area contributed by atoms with Gasteiger partial charge in [-0.3, -0.25) is 9.59 Å². The molecule has 0 heterocycles. The minimum absolute atomic E-state index is 0.0139. The molecule has 0 saturated heterocycles. The second-order valence-corrected chi connectivity index (χ2v) is 4.45. The molecule has 2 rings (SSSR count). The third-order valence-corrected chi connectivity index (χ3v) is 2.98. The zero-order chi connectivity index (χ0) is 13.8. The molecule has 0 radical (unpaired) electrons. The zero-order valence-electron chi connectivity index (χ0n) is 10.2. The summed E-state index contributed by atoms with van der Waals surface area (Å²) in [6.07, 6.45) is 4.80. The largest absolute Gasteiger partial charge is 0.508 e. The van der Waals surface area contributed by atoms with Crippen molar-refractivity contribution in [2.24, 2.45) is 5.92 Å². The van der Waals surface area contributed by atoms with Crippen molar-refractivity contribution < 1.29 is 19.8 Å². The quantitative estimate of drug-likeness (QED) is 0.805. The van der Waals surface area contributed by atoms with Gasteiger partial charge in [-0.15, -0.1) is 0 Å². The Kier molecular flexibility index (Phi) is 3.92. The van der Waals surface area contributed by atoms with Crippen LogP contribution < -0.4 is 0 Å². The molecule has 2 atom stereocenters. The van der Waals surface area contributed by atoms with Crippen LogP contribution in [0.4, 0.5) is 0 Å². The fourth-order valence-corrected chi connectivity index (χ4v) is 1.90. The maximum absolute atomic E-state index is 11.9. The second-order valence-electron chi connectivity index (χ2n) is 4.45. The maximum atomic E-state index is 11.9. The summed E-state index contributed by atoms with van der Waals surface area (Å²) >= 11 is 0. The van der Waals surface area contributed by atoms with Crippen LogP contribution in [0.1, 0.15) is 12.0 Å². The lowest BCUT2D eigenvalue weighted by atomic mass is 9.88. The third-order valence-electron chi connectivity index (χ3n) is 2.98. The van der Waals surface area contributed by atoms with Crippen molar-refractivity contribution in [2.75, 3.05) is 0 Å². The second kappa shape index (κ2) is 5.63. The van der Waals surface area contributed by atoms with Crippen LogP contribution >= 0.6 is 0 Å². The Hall–Kier alpha value is -2.20. The molecule has 4 nitrogen and oxygen atoms in total. The summed E-state index contributed by atoms with van der Waals surface area (Å²) in [5, 5.41) is 18.8. The number of carbonyl (C=O) groups excluding carboxylic acids is 2. The van der Waals surface area contributed by atoms with E-state index in [0.717, 1.165) is 5.56 Å². The van der Waals surface area contributed by atoms with Gasteiger partial charge in [0.15, 0.2) is 11.6 Å². The van der Waals surface area contributed by atoms with E-state index in [1.807, 2.05) is 0 Å². The molecular weight excluding hydrogens is 244 g/mol. The molecule has 0 aromatic heterocycles. The molecule has 2 N–H and O–H groups in total. The Morgan fingerprint density at radius 2 is 1.95 bits per heavy atom. The van der Waals surface area contributed by atoms with Crippen LogP contribution in [0.15, 0.2) is 42.5 Å². The van der Waals surface area contributed by atoms with Crippen molar-refractivity contribution in [1.29, 1.82) is 0 Å². The SMILES string of the molecule is O=C1C=CC(C(=O)C=Cc2ccc(O)cc2)C(O)C1. The Morgan fingerprint density at radius 3 is 2.58 bits per heavy atom. The summed E-state index contributed by atoms with van der Waals surface area (Å²) < 4.78 is 0. The van der Waals surface area contributed by atoms with Gasteiger partial charge in [0.25, 0.3) is 0 Å². The molecule has 0 spiro atoms. The first-order chi connectivity index (χ1) is 9.06. The highest BCUT2D eigenvalue weighted by molar-refractivity contribution is 6.00. The number of hydrogen-bond donors (Lipinski definition) is 2. The van der Waals surface area contributed by atoms with Gasteiger partial charge in [-0.05, 0) is 29.8 Å². The van der Waals surface area contributed by atoms with Crippen LogP contribution in [-0.4, -0.2) is 27.9 Å². The molecule has 4 heteroatoms. The molecule has 0 bridgehead atoms. The van der Waals surface area contributed by atoms with Crippen LogP contribution in [-0.2, 0) is 9.59 Å². The third kappa shape index (κ3) is 3.39. The van der Waals surface area contributed by atoms with Crippen molar-refractivity contribution in [3.8, 4) is 5.75 Å². The van der Waals surface area contributed by atoms with E-state index in [1.165, 1.54) is 30.4 Å². The molecule has 1 aliphatic carbocycles. The molecule has 0 fully saturated rings. The van der Waals surface area contributed by atoms with Crippen LogP contribution in [0, 0.1) is 5.92 Å². The van der Waals surface area contributed by atoms with Crippen LogP contribution in [0.5, 0.6) is 5.75 Å². The number of rotatable bonds is 3. The smallest absolute Gasteiger partial charge is 0.165 e. The van der Waals surface area contributed by atoms with Gasteiger partial charge in [0.2, 0.25) is 0 Å². The highest BCUT2D eigenvalue weighted by Gasteiger charge is 2.27. The summed E-state index contributed by atoms with van der Waals surface area (Å²) in [6, 6.07) is 6.40. The number of phenolic OH excluding ortho intramolecular Hbond substituents is 1. The predicted molar refractivity (Wildman–Crippen MR) is 70.4 cm³/mol. The highest BCUT2D eigenvalue weighted by atomic mass is 16.3. The van der Waals surface area contributed by atoms with E-state index in [9.17, 15) is 14.7 Å². The van der Waals surface area contributed by atoms with Gasteiger partial charge in [0.05, 0.1) is 12.0 Å². The molecule has 1 aromatic carbocycles. The van der Waals surface area contributed by atoms with E-state index in [1.54, 1.807) is 18.2 Å². The van der Waals surface area contributed by atoms with Gasteiger partial charge in [-0.1, -0.05) is 24.3 Å². The lowest BCUT2D eigenvalue weighted by Crippen LogP contribution is -2.30. The summed E-state index contributed by atoms with van der Waals surface area (Å²) in [5.41, 5.74) is 0.775. The molecule has 1 aliphatic rings. The van der Waals surface area contributed by atoms with Crippen LogP contribution in [0.3, 0.4) is 0 Å². The molecule has 0 aliphatic heterocycles. The normalized spacial score (nSPS) is 22.9. The number of carbonyl (C=O) groups is 2. The van der Waals surface area contributed by atoms with Crippen molar-refractivity contribution >= 4 is 17.6 Å². The Morgan fingerprint density at radius 1 is 1.26 bits per heavy atom. The Bertz CT molecular complexity index is 540. The monoisotopic (exact) mass is 258 g/mol. The fourth-order valence-electron chi connectivity index (χ4n) is 1.90. The van der Waals surface area contributed by atoms with Crippen molar-refractivity contribution in [3.63, 3.8) is 0 Å². The lowest BCUT2D eigenvalue weighted by molar-refractivity contribution is -0.123. The first-order valence-corrected chi connectivity index (χ1v) is 5.96. The first kappa shape index (κ1) is 13.2. The van der Waals surface area contributed by atoms with Gasteiger partial charge in [-0.2, -0.15) is 0 Å².